The van der Waals surface area contributed by atoms with E-state index in [1.54, 1.807) is 29.9 Å². The van der Waals surface area contributed by atoms with Crippen molar-refractivity contribution in [3.05, 3.63) is 46.2 Å². The molecule has 0 saturated carbocycles. The molecule has 3 heterocycles. The first-order valence-electron chi connectivity index (χ1n) is 7.90. The van der Waals surface area contributed by atoms with Crippen molar-refractivity contribution in [1.82, 2.24) is 14.9 Å². The summed E-state index contributed by atoms with van der Waals surface area (Å²) in [5.74, 6) is 0.194. The summed E-state index contributed by atoms with van der Waals surface area (Å²) in [5.41, 5.74) is 0.958. The molecule has 0 aromatic carbocycles. The van der Waals surface area contributed by atoms with Gasteiger partial charge in [0.15, 0.2) is 0 Å². The molecule has 1 amide bonds. The van der Waals surface area contributed by atoms with E-state index >= 15 is 0 Å². The number of hydrogen-bond donors (Lipinski definition) is 0. The topological polar surface area (TPSA) is 55.3 Å². The van der Waals surface area contributed by atoms with Crippen LogP contribution in [0.15, 0.2) is 30.7 Å². The van der Waals surface area contributed by atoms with Crippen molar-refractivity contribution in [2.75, 3.05) is 19.8 Å². The van der Waals surface area contributed by atoms with Crippen molar-refractivity contribution in [3.8, 4) is 0 Å². The van der Waals surface area contributed by atoms with Crippen LogP contribution in [0.4, 0.5) is 0 Å². The molecule has 0 aliphatic carbocycles. The lowest BCUT2D eigenvalue weighted by atomic mass is 10.1. The number of thiophene rings is 1. The molecule has 0 N–H and O–H groups in total. The van der Waals surface area contributed by atoms with E-state index in [0.717, 1.165) is 23.4 Å². The van der Waals surface area contributed by atoms with E-state index < -0.39 is 0 Å². The molecule has 23 heavy (non-hydrogen) atoms. The number of rotatable bonds is 5. The van der Waals surface area contributed by atoms with Crippen molar-refractivity contribution in [1.29, 1.82) is 0 Å². The fourth-order valence-corrected chi connectivity index (χ4v) is 3.71. The summed E-state index contributed by atoms with van der Waals surface area (Å²) in [6, 6.07) is 4.24. The minimum atomic E-state index is 0.124. The fraction of sp³-hybridized carbons (Fsp3) is 0.471. The summed E-state index contributed by atoms with van der Waals surface area (Å²) in [7, 11) is 0. The van der Waals surface area contributed by atoms with Gasteiger partial charge in [0.05, 0.1) is 31.4 Å². The van der Waals surface area contributed by atoms with Gasteiger partial charge in [0, 0.05) is 34.9 Å². The highest BCUT2D eigenvalue weighted by atomic mass is 32.1. The van der Waals surface area contributed by atoms with Gasteiger partial charge < -0.3 is 9.64 Å². The molecule has 5 nitrogen and oxygen atoms in total. The van der Waals surface area contributed by atoms with Gasteiger partial charge in [-0.2, -0.15) is 0 Å². The van der Waals surface area contributed by atoms with Gasteiger partial charge in [-0.15, -0.1) is 11.3 Å². The van der Waals surface area contributed by atoms with Crippen molar-refractivity contribution < 1.29 is 9.53 Å². The molecule has 6 heteroatoms. The Kier molecular flexibility index (Phi) is 5.35. The third-order valence-corrected chi connectivity index (χ3v) is 5.02. The Labute approximate surface area is 140 Å². The van der Waals surface area contributed by atoms with Crippen LogP contribution in [-0.2, 0) is 22.4 Å². The Balaban J connectivity index is 1.60. The van der Waals surface area contributed by atoms with Crippen LogP contribution in [0, 0.1) is 6.92 Å². The lowest BCUT2D eigenvalue weighted by molar-refractivity contribution is -0.139. The normalized spacial score (nSPS) is 18.1. The second-order valence-corrected chi connectivity index (χ2v) is 7.11. The minimum Gasteiger partial charge on any atom is -0.377 e. The van der Waals surface area contributed by atoms with E-state index in [0.29, 0.717) is 26.2 Å². The Morgan fingerprint density at radius 1 is 1.43 bits per heavy atom. The first kappa shape index (κ1) is 16.1. The van der Waals surface area contributed by atoms with Crippen LogP contribution < -0.4 is 0 Å². The van der Waals surface area contributed by atoms with Gasteiger partial charge in [-0.05, 0) is 31.9 Å². The fourth-order valence-electron chi connectivity index (χ4n) is 2.83. The van der Waals surface area contributed by atoms with Crippen LogP contribution in [0.5, 0.6) is 0 Å². The van der Waals surface area contributed by atoms with Gasteiger partial charge in [-0.3, -0.25) is 14.8 Å². The van der Waals surface area contributed by atoms with E-state index in [1.807, 2.05) is 11.0 Å². The third kappa shape index (κ3) is 4.36. The Morgan fingerprint density at radius 3 is 3.09 bits per heavy atom. The van der Waals surface area contributed by atoms with Gasteiger partial charge in [0.1, 0.15) is 0 Å². The van der Waals surface area contributed by atoms with E-state index in [4.69, 9.17) is 4.74 Å². The number of carbonyl (C=O) groups excluding carboxylic acids is 1. The minimum absolute atomic E-state index is 0.124. The van der Waals surface area contributed by atoms with Crippen LogP contribution in [0.2, 0.25) is 0 Å². The number of morpholine rings is 1. The lowest BCUT2D eigenvalue weighted by Gasteiger charge is -2.35. The molecule has 1 saturated heterocycles. The second-order valence-electron chi connectivity index (χ2n) is 5.74. The van der Waals surface area contributed by atoms with E-state index in [-0.39, 0.29) is 11.9 Å². The Hall–Kier alpha value is -1.79. The van der Waals surface area contributed by atoms with Crippen LogP contribution in [0.1, 0.15) is 21.9 Å². The first-order valence-corrected chi connectivity index (χ1v) is 8.71. The molecule has 1 aliphatic heterocycles. The molecule has 1 aliphatic rings. The summed E-state index contributed by atoms with van der Waals surface area (Å²) in [5, 5.41) is 0. The highest BCUT2D eigenvalue weighted by Gasteiger charge is 2.27. The third-order valence-electron chi connectivity index (χ3n) is 4.02. The first-order chi connectivity index (χ1) is 11.2. The zero-order chi connectivity index (χ0) is 16.1. The molecule has 0 spiro atoms. The van der Waals surface area contributed by atoms with Crippen LogP contribution in [0.3, 0.4) is 0 Å². The lowest BCUT2D eigenvalue weighted by Crippen LogP contribution is -2.49. The summed E-state index contributed by atoms with van der Waals surface area (Å²) in [6.07, 6.45) is 7.31. The predicted octanol–water partition coefficient (Wildman–Crippen LogP) is 2.25. The Bertz CT molecular complexity index is 644. The summed E-state index contributed by atoms with van der Waals surface area (Å²) in [6.45, 7) is 3.97. The van der Waals surface area contributed by atoms with Crippen molar-refractivity contribution in [2.24, 2.45) is 0 Å². The SMILES string of the molecule is Cc1ccc(CC(=O)N2CCOC[C@@H]2CCc2cnccn2)s1. The second kappa shape index (κ2) is 7.66. The molecule has 1 fully saturated rings. The molecular formula is C17H21N3O2S. The van der Waals surface area contributed by atoms with E-state index in [9.17, 15) is 4.79 Å². The molecule has 0 bridgehead atoms. The average molecular weight is 331 g/mol. The van der Waals surface area contributed by atoms with Gasteiger partial charge in [0.2, 0.25) is 5.91 Å². The smallest absolute Gasteiger partial charge is 0.228 e. The van der Waals surface area contributed by atoms with Gasteiger partial charge in [-0.25, -0.2) is 0 Å². The number of aromatic nitrogens is 2. The van der Waals surface area contributed by atoms with Crippen LogP contribution in [-0.4, -0.2) is 46.6 Å². The predicted molar refractivity (Wildman–Crippen MR) is 89.4 cm³/mol. The number of amides is 1. The van der Waals surface area contributed by atoms with Crippen molar-refractivity contribution >= 4 is 17.2 Å². The Morgan fingerprint density at radius 2 is 2.35 bits per heavy atom. The maximum atomic E-state index is 12.6. The molecule has 1 atom stereocenters. The van der Waals surface area contributed by atoms with E-state index in [1.165, 1.54) is 4.88 Å². The quantitative estimate of drug-likeness (QED) is 0.843. The summed E-state index contributed by atoms with van der Waals surface area (Å²) >= 11 is 1.69. The van der Waals surface area contributed by atoms with Crippen molar-refractivity contribution in [2.45, 2.75) is 32.2 Å². The number of hydrogen-bond acceptors (Lipinski definition) is 5. The van der Waals surface area contributed by atoms with Crippen LogP contribution >= 0.6 is 11.3 Å². The number of aryl methyl sites for hydroxylation is 2. The zero-order valence-electron chi connectivity index (χ0n) is 13.3. The summed E-state index contributed by atoms with van der Waals surface area (Å²) < 4.78 is 5.58. The molecule has 122 valence electrons. The maximum Gasteiger partial charge on any atom is 0.228 e. The molecule has 0 radical (unpaired) electrons. The van der Waals surface area contributed by atoms with Crippen molar-refractivity contribution in [3.63, 3.8) is 0 Å². The van der Waals surface area contributed by atoms with Gasteiger partial charge in [0.25, 0.3) is 0 Å². The number of ether oxygens (including phenoxy) is 1. The number of carbonyl (C=O) groups is 1. The number of nitrogens with zero attached hydrogens (tertiary/aromatic N) is 3. The maximum absolute atomic E-state index is 12.6. The molecule has 2 aromatic heterocycles. The zero-order valence-corrected chi connectivity index (χ0v) is 14.1. The molecule has 0 unspecified atom stereocenters. The van der Waals surface area contributed by atoms with E-state index in [2.05, 4.69) is 23.0 Å². The van der Waals surface area contributed by atoms with Gasteiger partial charge in [-0.1, -0.05) is 0 Å². The highest BCUT2D eigenvalue weighted by molar-refractivity contribution is 7.12. The standard InChI is InChI=1S/C17H21N3O2S/c1-13-2-5-16(23-13)10-17(21)20-8-9-22-12-15(20)4-3-14-11-18-6-7-19-14/h2,5-7,11,15H,3-4,8-10,12H2,1H3/t15-/m0/s1. The monoisotopic (exact) mass is 331 g/mol. The molecule has 2 aromatic rings. The summed E-state index contributed by atoms with van der Waals surface area (Å²) in [4.78, 5) is 25.4. The average Bonchev–Trinajstić information content (AvgIpc) is 2.99. The van der Waals surface area contributed by atoms with Gasteiger partial charge >= 0.3 is 0 Å². The molecular weight excluding hydrogens is 310 g/mol. The molecule has 3 rings (SSSR count). The highest BCUT2D eigenvalue weighted by Crippen LogP contribution is 2.19. The largest absolute Gasteiger partial charge is 0.377 e. The van der Waals surface area contributed by atoms with Crippen LogP contribution in [0.25, 0.3) is 0 Å².